The molecule has 2 N–H and O–H groups in total. The number of carbonyl (C=O) groups is 2. The molecule has 3 aliphatic rings. The number of fused-ring (bicyclic) bond motifs is 1. The number of aromatic amines is 1. The number of rotatable bonds is 3. The van der Waals surface area contributed by atoms with Crippen LogP contribution in [0.1, 0.15) is 35.1 Å². The lowest BCUT2D eigenvalue weighted by molar-refractivity contribution is -0.149. The molecule has 3 heterocycles. The van der Waals surface area contributed by atoms with Crippen molar-refractivity contribution in [3.63, 3.8) is 0 Å². The Morgan fingerprint density at radius 2 is 2.29 bits per heavy atom. The average molecular weight is 291 g/mol. The van der Waals surface area contributed by atoms with Gasteiger partial charge < -0.3 is 19.7 Å². The van der Waals surface area contributed by atoms with E-state index in [1.807, 2.05) is 0 Å². The molecular weight excluding hydrogens is 274 g/mol. The van der Waals surface area contributed by atoms with Gasteiger partial charge in [0, 0.05) is 24.9 Å². The topological polar surface area (TPSA) is 95.5 Å². The Kier molecular flexibility index (Phi) is 2.63. The molecule has 1 aromatic heterocycles. The van der Waals surface area contributed by atoms with Crippen LogP contribution in [-0.4, -0.2) is 58.2 Å². The van der Waals surface area contributed by atoms with E-state index in [0.29, 0.717) is 24.8 Å². The molecule has 4 rings (SSSR count). The number of carbonyl (C=O) groups excluding carboxylic acids is 1. The molecule has 7 heteroatoms. The maximum Gasteiger partial charge on any atom is 0.314 e. The number of nitrogens with one attached hydrogen (secondary N) is 1. The van der Waals surface area contributed by atoms with Gasteiger partial charge in [-0.05, 0) is 12.8 Å². The number of aliphatic carboxylic acids is 1. The summed E-state index contributed by atoms with van der Waals surface area (Å²) in [6, 6.07) is 0. The minimum absolute atomic E-state index is 0.121. The zero-order valence-electron chi connectivity index (χ0n) is 11.5. The minimum atomic E-state index is -0.936. The van der Waals surface area contributed by atoms with Gasteiger partial charge >= 0.3 is 5.97 Å². The van der Waals surface area contributed by atoms with E-state index in [1.165, 1.54) is 0 Å². The number of imidazole rings is 1. The van der Waals surface area contributed by atoms with Crippen LogP contribution in [0.25, 0.3) is 0 Å². The lowest BCUT2D eigenvalue weighted by Crippen LogP contribution is -2.40. The molecule has 21 heavy (non-hydrogen) atoms. The summed E-state index contributed by atoms with van der Waals surface area (Å²) >= 11 is 0. The zero-order valence-corrected chi connectivity index (χ0v) is 11.5. The highest BCUT2D eigenvalue weighted by molar-refractivity contribution is 5.93. The van der Waals surface area contributed by atoms with Crippen molar-refractivity contribution in [2.24, 2.45) is 11.3 Å². The largest absolute Gasteiger partial charge is 0.481 e. The highest BCUT2D eigenvalue weighted by Crippen LogP contribution is 2.42. The molecule has 1 aliphatic carbocycles. The Morgan fingerprint density at radius 1 is 1.48 bits per heavy atom. The second-order valence-electron chi connectivity index (χ2n) is 6.32. The lowest BCUT2D eigenvalue weighted by Gasteiger charge is -2.21. The Balaban J connectivity index is 1.54. The molecule has 1 saturated carbocycles. The van der Waals surface area contributed by atoms with Gasteiger partial charge in [-0.25, -0.2) is 4.98 Å². The van der Waals surface area contributed by atoms with Gasteiger partial charge in [0.15, 0.2) is 0 Å². The first kappa shape index (κ1) is 12.8. The van der Waals surface area contributed by atoms with Crippen molar-refractivity contribution in [2.75, 3.05) is 26.3 Å². The summed E-state index contributed by atoms with van der Waals surface area (Å²) in [5, 5.41) is 9.49. The molecule has 2 saturated heterocycles. The second kappa shape index (κ2) is 4.30. The number of aromatic nitrogens is 2. The fourth-order valence-electron chi connectivity index (χ4n) is 3.37. The summed E-state index contributed by atoms with van der Waals surface area (Å²) in [4.78, 5) is 33.0. The predicted molar refractivity (Wildman–Crippen MR) is 70.8 cm³/mol. The van der Waals surface area contributed by atoms with E-state index in [4.69, 9.17) is 4.74 Å². The van der Waals surface area contributed by atoms with Crippen molar-refractivity contribution in [3.05, 3.63) is 17.7 Å². The molecule has 0 unspecified atom stereocenters. The molecule has 1 aromatic rings. The molecule has 112 valence electrons. The molecule has 7 nitrogen and oxygen atoms in total. The first-order valence-electron chi connectivity index (χ1n) is 7.25. The molecule has 2 atom stereocenters. The standard InChI is InChI=1S/C14H17N3O4/c18-12(10-3-15-11(16-10)8-1-2-8)17-4-9-5-21-7-14(9,6-17)13(19)20/h3,8-9H,1-2,4-7H2,(H,15,16)(H,19,20)/t9-,14-/m1/s1. The van der Waals surface area contributed by atoms with Crippen LogP contribution in [0.4, 0.5) is 0 Å². The molecule has 0 spiro atoms. The van der Waals surface area contributed by atoms with E-state index in [-0.39, 0.29) is 25.0 Å². The number of carboxylic acids is 1. The first-order valence-corrected chi connectivity index (χ1v) is 7.25. The van der Waals surface area contributed by atoms with Crippen molar-refractivity contribution in [2.45, 2.75) is 18.8 Å². The van der Waals surface area contributed by atoms with Crippen LogP contribution in [0.15, 0.2) is 6.20 Å². The van der Waals surface area contributed by atoms with Gasteiger partial charge in [0.1, 0.15) is 16.9 Å². The summed E-state index contributed by atoms with van der Waals surface area (Å²) in [6.07, 6.45) is 3.80. The molecule has 1 amide bonds. The fourth-order valence-corrected chi connectivity index (χ4v) is 3.37. The van der Waals surface area contributed by atoms with E-state index in [9.17, 15) is 14.7 Å². The van der Waals surface area contributed by atoms with Crippen LogP contribution in [0.2, 0.25) is 0 Å². The Hall–Kier alpha value is -1.89. The molecule has 0 radical (unpaired) electrons. The molecule has 0 bridgehead atoms. The van der Waals surface area contributed by atoms with Crippen molar-refractivity contribution < 1.29 is 19.4 Å². The quantitative estimate of drug-likeness (QED) is 0.843. The number of carboxylic acid groups (broad SMARTS) is 1. The monoisotopic (exact) mass is 291 g/mol. The number of H-pyrrole nitrogens is 1. The first-order chi connectivity index (χ1) is 10.1. The summed E-state index contributed by atoms with van der Waals surface area (Å²) in [5.41, 5.74) is -0.479. The third-order valence-corrected chi connectivity index (χ3v) is 4.88. The van der Waals surface area contributed by atoms with Gasteiger partial charge in [-0.3, -0.25) is 9.59 Å². The zero-order chi connectivity index (χ0) is 14.6. The molecular formula is C14H17N3O4. The molecule has 3 fully saturated rings. The second-order valence-corrected chi connectivity index (χ2v) is 6.32. The van der Waals surface area contributed by atoms with Gasteiger partial charge in [-0.1, -0.05) is 0 Å². The summed E-state index contributed by atoms with van der Waals surface area (Å²) < 4.78 is 5.31. The van der Waals surface area contributed by atoms with Crippen LogP contribution < -0.4 is 0 Å². The summed E-state index contributed by atoms with van der Waals surface area (Å²) in [6.45, 7) is 1.24. The SMILES string of the molecule is O=C(c1cnc(C2CC2)[nH]1)N1C[C@@H]2COC[C@]2(C(=O)O)C1. The molecule has 2 aliphatic heterocycles. The van der Waals surface area contributed by atoms with Crippen LogP contribution in [0.3, 0.4) is 0 Å². The normalized spacial score (nSPS) is 31.4. The smallest absolute Gasteiger partial charge is 0.314 e. The number of nitrogens with zero attached hydrogens (tertiary/aromatic N) is 2. The lowest BCUT2D eigenvalue weighted by atomic mass is 9.81. The summed E-state index contributed by atoms with van der Waals surface area (Å²) in [7, 11) is 0. The number of likely N-dealkylation sites (tertiary alicyclic amines) is 1. The average Bonchev–Trinajstić information content (AvgIpc) is 2.90. The molecule has 0 aromatic carbocycles. The maximum atomic E-state index is 12.5. The van der Waals surface area contributed by atoms with Crippen LogP contribution >= 0.6 is 0 Å². The number of hydrogen-bond donors (Lipinski definition) is 2. The third kappa shape index (κ3) is 1.87. The Morgan fingerprint density at radius 3 is 2.95 bits per heavy atom. The van der Waals surface area contributed by atoms with E-state index < -0.39 is 11.4 Å². The highest BCUT2D eigenvalue weighted by atomic mass is 16.5. The third-order valence-electron chi connectivity index (χ3n) is 4.88. The number of amides is 1. The van der Waals surface area contributed by atoms with Crippen molar-refractivity contribution in [1.82, 2.24) is 14.9 Å². The van der Waals surface area contributed by atoms with Crippen molar-refractivity contribution in [3.8, 4) is 0 Å². The van der Waals surface area contributed by atoms with Gasteiger partial charge in [-0.2, -0.15) is 0 Å². The Bertz CT molecular complexity index is 609. The predicted octanol–water partition coefficient (Wildman–Crippen LogP) is 0.460. The van der Waals surface area contributed by atoms with Crippen molar-refractivity contribution >= 4 is 11.9 Å². The number of hydrogen-bond acceptors (Lipinski definition) is 4. The van der Waals surface area contributed by atoms with Crippen LogP contribution in [0, 0.1) is 11.3 Å². The van der Waals surface area contributed by atoms with Gasteiger partial charge in [0.05, 0.1) is 19.4 Å². The van der Waals surface area contributed by atoms with Crippen LogP contribution in [-0.2, 0) is 9.53 Å². The van der Waals surface area contributed by atoms with E-state index in [2.05, 4.69) is 9.97 Å². The van der Waals surface area contributed by atoms with Gasteiger partial charge in [0.2, 0.25) is 0 Å². The van der Waals surface area contributed by atoms with E-state index >= 15 is 0 Å². The van der Waals surface area contributed by atoms with E-state index in [0.717, 1.165) is 18.7 Å². The van der Waals surface area contributed by atoms with Crippen molar-refractivity contribution in [1.29, 1.82) is 0 Å². The van der Waals surface area contributed by atoms with E-state index in [1.54, 1.807) is 11.1 Å². The minimum Gasteiger partial charge on any atom is -0.481 e. The number of ether oxygens (including phenoxy) is 1. The van der Waals surface area contributed by atoms with Gasteiger partial charge in [0.25, 0.3) is 5.91 Å². The summed E-state index contributed by atoms with van der Waals surface area (Å²) in [5.74, 6) is 0.176. The van der Waals surface area contributed by atoms with Crippen LogP contribution in [0.5, 0.6) is 0 Å². The fraction of sp³-hybridized carbons (Fsp3) is 0.643. The van der Waals surface area contributed by atoms with Gasteiger partial charge in [-0.15, -0.1) is 0 Å². The Labute approximate surface area is 121 Å². The highest BCUT2D eigenvalue weighted by Gasteiger charge is 2.57. The maximum absolute atomic E-state index is 12.5.